The third-order valence-corrected chi connectivity index (χ3v) is 6.53. The van der Waals surface area contributed by atoms with Crippen LogP contribution < -0.4 is 0 Å². The minimum atomic E-state index is -4.50. The number of hydrogen-bond donors (Lipinski definition) is 1. The molecule has 0 aliphatic rings. The van der Waals surface area contributed by atoms with Gasteiger partial charge in [-0.2, -0.15) is 13.2 Å². The number of para-hydroxylation sites is 1. The van der Waals surface area contributed by atoms with Crippen molar-refractivity contribution >= 4 is 22.7 Å². The summed E-state index contributed by atoms with van der Waals surface area (Å²) in [5, 5.41) is 1.09. The molecule has 0 unspecified atom stereocenters. The fourth-order valence-electron chi connectivity index (χ4n) is 4.39. The van der Waals surface area contributed by atoms with Crippen molar-refractivity contribution < 1.29 is 27.5 Å². The van der Waals surface area contributed by atoms with Gasteiger partial charge in [-0.3, -0.25) is 9.59 Å². The number of hydrogen-bond acceptors (Lipinski definition) is 3. The molecular weight excluding hydrogens is 507 g/mol. The zero-order chi connectivity index (χ0) is 27.8. The van der Waals surface area contributed by atoms with E-state index in [2.05, 4.69) is 4.98 Å². The minimum Gasteiger partial charge on any atom is -0.383 e. The standard InChI is InChI=1S/C30H30F3N3O3/c1-39-18-17-36(29(38)23-11-13-25(14-12-23)30(31,32)33)21-28(37)35(20-22-7-3-2-4-8-22)16-15-24-19-34-27-10-6-5-9-26(24)27/h2-14,19,34H,15-18,20-21H2,1H3. The lowest BCUT2D eigenvalue weighted by Gasteiger charge is -2.28. The Bertz CT molecular complexity index is 1390. The lowest BCUT2D eigenvalue weighted by atomic mass is 10.1. The zero-order valence-corrected chi connectivity index (χ0v) is 21.6. The number of ether oxygens (including phenoxy) is 1. The molecule has 0 aliphatic carbocycles. The van der Waals surface area contributed by atoms with Crippen LogP contribution in [0.25, 0.3) is 10.9 Å². The number of amides is 2. The molecule has 9 heteroatoms. The highest BCUT2D eigenvalue weighted by Crippen LogP contribution is 2.29. The number of fused-ring (bicyclic) bond motifs is 1. The second kappa shape index (κ2) is 12.6. The van der Waals surface area contributed by atoms with Crippen molar-refractivity contribution in [3.05, 3.63) is 107 Å². The van der Waals surface area contributed by atoms with Crippen LogP contribution in [0.2, 0.25) is 0 Å². The van der Waals surface area contributed by atoms with E-state index < -0.39 is 17.6 Å². The Morgan fingerprint density at radius 1 is 0.872 bits per heavy atom. The predicted octanol–water partition coefficient (Wildman–Crippen LogP) is 5.55. The van der Waals surface area contributed by atoms with E-state index in [1.54, 1.807) is 4.90 Å². The normalized spacial score (nSPS) is 11.5. The predicted molar refractivity (Wildman–Crippen MR) is 143 cm³/mol. The van der Waals surface area contributed by atoms with Crippen molar-refractivity contribution in [2.45, 2.75) is 19.1 Å². The molecular formula is C30H30F3N3O3. The molecule has 39 heavy (non-hydrogen) atoms. The first kappa shape index (κ1) is 27.9. The molecule has 0 radical (unpaired) electrons. The second-order valence-corrected chi connectivity index (χ2v) is 9.21. The average molecular weight is 538 g/mol. The van der Waals surface area contributed by atoms with Crippen molar-refractivity contribution in [2.75, 3.05) is 33.4 Å². The van der Waals surface area contributed by atoms with Gasteiger partial charge in [0, 0.05) is 49.4 Å². The van der Waals surface area contributed by atoms with E-state index in [0.717, 1.165) is 46.3 Å². The van der Waals surface area contributed by atoms with Gasteiger partial charge in [-0.25, -0.2) is 0 Å². The molecule has 1 heterocycles. The molecule has 0 saturated heterocycles. The molecule has 6 nitrogen and oxygen atoms in total. The molecule has 0 saturated carbocycles. The van der Waals surface area contributed by atoms with E-state index in [1.807, 2.05) is 60.8 Å². The number of methoxy groups -OCH3 is 1. The highest BCUT2D eigenvalue weighted by molar-refractivity contribution is 5.96. The third kappa shape index (κ3) is 7.26. The quantitative estimate of drug-likeness (QED) is 0.273. The van der Waals surface area contributed by atoms with Crippen LogP contribution >= 0.6 is 0 Å². The van der Waals surface area contributed by atoms with Crippen LogP contribution in [-0.4, -0.2) is 59.9 Å². The van der Waals surface area contributed by atoms with E-state index in [-0.39, 0.29) is 31.2 Å². The van der Waals surface area contributed by atoms with Crippen molar-refractivity contribution in [3.8, 4) is 0 Å². The van der Waals surface area contributed by atoms with Crippen LogP contribution in [0.4, 0.5) is 13.2 Å². The van der Waals surface area contributed by atoms with Crippen molar-refractivity contribution in [3.63, 3.8) is 0 Å². The summed E-state index contributed by atoms with van der Waals surface area (Å²) in [6.07, 6.45) is -1.96. The van der Waals surface area contributed by atoms with Crippen molar-refractivity contribution in [2.24, 2.45) is 0 Å². The van der Waals surface area contributed by atoms with Crippen molar-refractivity contribution in [1.82, 2.24) is 14.8 Å². The first-order chi connectivity index (χ1) is 18.8. The maximum atomic E-state index is 13.6. The Balaban J connectivity index is 1.52. The molecule has 0 atom stereocenters. The summed E-state index contributed by atoms with van der Waals surface area (Å²) in [5.41, 5.74) is 2.27. The molecule has 1 N–H and O–H groups in total. The van der Waals surface area contributed by atoms with Crippen LogP contribution in [0.1, 0.15) is 27.0 Å². The Kier molecular flexibility index (Phi) is 9.03. The van der Waals surface area contributed by atoms with Gasteiger partial charge in [0.25, 0.3) is 5.91 Å². The van der Waals surface area contributed by atoms with Gasteiger partial charge in [0.15, 0.2) is 0 Å². The van der Waals surface area contributed by atoms with Crippen LogP contribution in [-0.2, 0) is 28.7 Å². The van der Waals surface area contributed by atoms with Gasteiger partial charge in [0.05, 0.1) is 12.2 Å². The van der Waals surface area contributed by atoms with E-state index in [0.29, 0.717) is 19.5 Å². The SMILES string of the molecule is COCCN(CC(=O)N(CCc1c[nH]c2ccccc12)Cc1ccccc1)C(=O)c1ccc(C(F)(F)F)cc1. The number of nitrogens with zero attached hydrogens (tertiary/aromatic N) is 2. The van der Waals surface area contributed by atoms with Crippen LogP contribution in [0.15, 0.2) is 85.1 Å². The minimum absolute atomic E-state index is 0.0697. The molecule has 4 rings (SSSR count). The number of H-pyrrole nitrogens is 1. The van der Waals surface area contributed by atoms with E-state index in [1.165, 1.54) is 12.0 Å². The summed E-state index contributed by atoms with van der Waals surface area (Å²) in [4.78, 5) is 33.1. The number of benzene rings is 3. The van der Waals surface area contributed by atoms with Crippen molar-refractivity contribution in [1.29, 1.82) is 0 Å². The largest absolute Gasteiger partial charge is 0.416 e. The van der Waals surface area contributed by atoms with Gasteiger partial charge < -0.3 is 19.5 Å². The van der Waals surface area contributed by atoms with Gasteiger partial charge >= 0.3 is 6.18 Å². The summed E-state index contributed by atoms with van der Waals surface area (Å²) in [6, 6.07) is 21.5. The number of halogens is 3. The number of carbonyl (C=O) groups is 2. The number of alkyl halides is 3. The monoisotopic (exact) mass is 537 g/mol. The molecule has 204 valence electrons. The number of aromatic nitrogens is 1. The van der Waals surface area contributed by atoms with Crippen LogP contribution in [0.3, 0.4) is 0 Å². The molecule has 2 amide bonds. The summed E-state index contributed by atoms with van der Waals surface area (Å²) >= 11 is 0. The van der Waals surface area contributed by atoms with Crippen LogP contribution in [0, 0.1) is 0 Å². The maximum absolute atomic E-state index is 13.6. The Labute approximate surface area is 225 Å². The Morgan fingerprint density at radius 3 is 2.26 bits per heavy atom. The highest BCUT2D eigenvalue weighted by Gasteiger charge is 2.31. The topological polar surface area (TPSA) is 65.6 Å². The van der Waals surface area contributed by atoms with Gasteiger partial charge in [0.2, 0.25) is 5.91 Å². The van der Waals surface area contributed by atoms with E-state index in [4.69, 9.17) is 4.74 Å². The first-order valence-electron chi connectivity index (χ1n) is 12.6. The molecule has 0 aliphatic heterocycles. The molecule has 4 aromatic rings. The summed E-state index contributed by atoms with van der Waals surface area (Å²) in [7, 11) is 1.48. The number of nitrogens with one attached hydrogen (secondary N) is 1. The van der Waals surface area contributed by atoms with Gasteiger partial charge in [-0.05, 0) is 47.9 Å². The number of aromatic amines is 1. The lowest BCUT2D eigenvalue weighted by molar-refractivity contribution is -0.137. The van der Waals surface area contributed by atoms with Gasteiger partial charge in [-0.1, -0.05) is 48.5 Å². The second-order valence-electron chi connectivity index (χ2n) is 9.21. The fraction of sp³-hybridized carbons (Fsp3) is 0.267. The molecule has 1 aromatic heterocycles. The number of rotatable bonds is 11. The third-order valence-electron chi connectivity index (χ3n) is 6.53. The molecule has 0 fully saturated rings. The van der Waals surface area contributed by atoms with Gasteiger partial charge in [-0.15, -0.1) is 0 Å². The summed E-state index contributed by atoms with van der Waals surface area (Å²) < 4.78 is 44.1. The Hall–Kier alpha value is -4.11. The molecule has 0 spiro atoms. The average Bonchev–Trinajstić information content (AvgIpc) is 3.36. The summed E-state index contributed by atoms with van der Waals surface area (Å²) in [5.74, 6) is -0.805. The smallest absolute Gasteiger partial charge is 0.383 e. The Morgan fingerprint density at radius 2 is 1.56 bits per heavy atom. The van der Waals surface area contributed by atoms with Gasteiger partial charge in [0.1, 0.15) is 6.54 Å². The van der Waals surface area contributed by atoms with E-state index >= 15 is 0 Å². The van der Waals surface area contributed by atoms with E-state index in [9.17, 15) is 22.8 Å². The summed E-state index contributed by atoms with van der Waals surface area (Å²) in [6.45, 7) is 0.831. The maximum Gasteiger partial charge on any atom is 0.416 e. The molecule has 0 bridgehead atoms. The fourth-order valence-corrected chi connectivity index (χ4v) is 4.39. The molecule has 3 aromatic carbocycles. The highest BCUT2D eigenvalue weighted by atomic mass is 19.4. The lowest BCUT2D eigenvalue weighted by Crippen LogP contribution is -2.44. The number of carbonyl (C=O) groups excluding carboxylic acids is 2. The van der Waals surface area contributed by atoms with Crippen LogP contribution in [0.5, 0.6) is 0 Å². The first-order valence-corrected chi connectivity index (χ1v) is 12.6. The zero-order valence-electron chi connectivity index (χ0n) is 21.6.